The Morgan fingerprint density at radius 1 is 0.963 bits per heavy atom. The van der Waals surface area contributed by atoms with Crippen LogP contribution in [0.4, 0.5) is 10.5 Å². The van der Waals surface area contributed by atoms with E-state index in [1.807, 2.05) is 74.1 Å². The predicted molar refractivity (Wildman–Crippen MR) is 208 cm³/mol. The Kier molecular flexibility index (Phi) is 13.6. The van der Waals surface area contributed by atoms with E-state index in [4.69, 9.17) is 14.7 Å². The largest absolute Gasteiger partial charge is 0.478 e. The number of azide groups is 1. The number of carboxylic acid groups (broad SMARTS) is 1. The number of carbonyl (C=O) groups is 4. The molecule has 1 heterocycles. The zero-order chi connectivity index (χ0) is 39.6. The third-order valence-corrected chi connectivity index (χ3v) is 8.51. The molecular formula is C39H49N8O7+. The number of amides is 3. The second-order valence-corrected chi connectivity index (χ2v) is 14.2. The summed E-state index contributed by atoms with van der Waals surface area (Å²) in [5.74, 6) is -1.75. The zero-order valence-corrected chi connectivity index (χ0v) is 31.9. The second kappa shape index (κ2) is 18.1. The molecule has 15 heteroatoms. The highest BCUT2D eigenvalue weighted by molar-refractivity contribution is 6.09. The van der Waals surface area contributed by atoms with Crippen LogP contribution in [0.15, 0.2) is 64.1 Å². The summed E-state index contributed by atoms with van der Waals surface area (Å²) in [6.45, 7) is 6.02. The van der Waals surface area contributed by atoms with E-state index in [1.54, 1.807) is 32.9 Å². The molecule has 286 valence electrons. The van der Waals surface area contributed by atoms with Gasteiger partial charge in [0.15, 0.2) is 0 Å². The van der Waals surface area contributed by atoms with Gasteiger partial charge in [0, 0.05) is 78.5 Å². The molecule has 1 aliphatic carbocycles. The molecule has 54 heavy (non-hydrogen) atoms. The van der Waals surface area contributed by atoms with E-state index in [-0.39, 0.29) is 30.6 Å². The Morgan fingerprint density at radius 3 is 2.35 bits per heavy atom. The van der Waals surface area contributed by atoms with Crippen molar-refractivity contribution in [3.05, 3.63) is 81.5 Å². The summed E-state index contributed by atoms with van der Waals surface area (Å²) in [5.41, 5.74) is 11.1. The number of hydrogen-bond acceptors (Lipinski definition) is 8. The average molecular weight is 742 g/mol. The molecule has 3 amide bonds. The fourth-order valence-electron chi connectivity index (χ4n) is 5.81. The van der Waals surface area contributed by atoms with Crippen molar-refractivity contribution in [1.82, 2.24) is 20.5 Å². The minimum Gasteiger partial charge on any atom is -0.478 e. The first kappa shape index (κ1) is 40.7. The van der Waals surface area contributed by atoms with E-state index in [2.05, 4.69) is 26.0 Å². The van der Waals surface area contributed by atoms with Crippen molar-refractivity contribution in [1.29, 1.82) is 0 Å². The van der Waals surface area contributed by atoms with Crippen molar-refractivity contribution in [2.75, 3.05) is 52.7 Å². The molecule has 4 rings (SSSR count). The molecule has 0 fully saturated rings. The van der Waals surface area contributed by atoms with Crippen LogP contribution >= 0.6 is 0 Å². The first-order chi connectivity index (χ1) is 25.6. The van der Waals surface area contributed by atoms with Gasteiger partial charge in [0.2, 0.25) is 11.3 Å². The Hall–Kier alpha value is -6.08. The maximum atomic E-state index is 13.7. The minimum atomic E-state index is -1.23. The van der Waals surface area contributed by atoms with Crippen LogP contribution in [-0.4, -0.2) is 88.5 Å². The summed E-state index contributed by atoms with van der Waals surface area (Å²) in [4.78, 5) is 56.5. The van der Waals surface area contributed by atoms with Gasteiger partial charge in [-0.15, -0.1) is 0 Å². The highest BCUT2D eigenvalue weighted by Gasteiger charge is 2.26. The minimum absolute atomic E-state index is 0.0583. The van der Waals surface area contributed by atoms with Gasteiger partial charge >= 0.3 is 12.1 Å². The Balaban J connectivity index is 1.66. The lowest BCUT2D eigenvalue weighted by molar-refractivity contribution is -0.123. The van der Waals surface area contributed by atoms with Crippen LogP contribution in [0.5, 0.6) is 0 Å². The van der Waals surface area contributed by atoms with Gasteiger partial charge < -0.3 is 35.1 Å². The third-order valence-electron chi connectivity index (χ3n) is 8.51. The molecule has 2 aromatic carbocycles. The van der Waals surface area contributed by atoms with Crippen molar-refractivity contribution in [2.24, 2.45) is 5.11 Å². The zero-order valence-electron chi connectivity index (χ0n) is 31.9. The maximum Gasteiger partial charge on any atom is 0.407 e. The fraction of sp³-hybridized carbons (Fsp3) is 0.410. The SMILES string of the molecule is CN(C)c1ccc2c(-c3ccc(C(=O)N[C@H](CCCCNC(=O)OC(C)(C)C)C(=O)NCCCN=[N+]=[N-])cc3C(=O)O)c3ccc(=[N+](C)C)cc-3oc2c1. The van der Waals surface area contributed by atoms with Gasteiger partial charge in [0.05, 0.1) is 11.6 Å². The molecule has 15 nitrogen and oxygen atoms in total. The fourth-order valence-corrected chi connectivity index (χ4v) is 5.81. The first-order valence-corrected chi connectivity index (χ1v) is 17.7. The lowest BCUT2D eigenvalue weighted by Crippen LogP contribution is -2.47. The Bertz CT molecular complexity index is 2110. The molecule has 0 bridgehead atoms. The molecular weight excluding hydrogens is 692 g/mol. The van der Waals surface area contributed by atoms with Crippen molar-refractivity contribution in [2.45, 2.75) is 58.1 Å². The number of fused-ring (bicyclic) bond motifs is 2. The summed E-state index contributed by atoms with van der Waals surface area (Å²) >= 11 is 0. The van der Waals surface area contributed by atoms with Gasteiger partial charge in [0.25, 0.3) is 5.91 Å². The van der Waals surface area contributed by atoms with Crippen molar-refractivity contribution >= 4 is 40.5 Å². The maximum absolute atomic E-state index is 13.7. The van der Waals surface area contributed by atoms with Crippen LogP contribution in [0.2, 0.25) is 0 Å². The summed E-state index contributed by atoms with van der Waals surface area (Å²) < 4.78 is 13.6. The van der Waals surface area contributed by atoms with Crippen LogP contribution in [-0.2, 0) is 9.53 Å². The molecule has 0 saturated heterocycles. The van der Waals surface area contributed by atoms with E-state index in [0.717, 1.165) is 11.0 Å². The first-order valence-electron chi connectivity index (χ1n) is 17.7. The smallest absolute Gasteiger partial charge is 0.407 e. The number of alkyl carbamates (subject to hydrolysis) is 1. The number of rotatable bonds is 15. The molecule has 0 aromatic heterocycles. The lowest BCUT2D eigenvalue weighted by atomic mass is 9.89. The van der Waals surface area contributed by atoms with Gasteiger partial charge in [-0.1, -0.05) is 11.2 Å². The van der Waals surface area contributed by atoms with Crippen LogP contribution in [0, 0.1) is 0 Å². The van der Waals surface area contributed by atoms with Gasteiger partial charge in [-0.25, -0.2) is 14.2 Å². The van der Waals surface area contributed by atoms with Crippen molar-refractivity contribution < 1.29 is 33.4 Å². The van der Waals surface area contributed by atoms with E-state index in [0.29, 0.717) is 59.2 Å². The number of carbonyl (C=O) groups excluding carboxylic acids is 3. The number of benzene rings is 3. The summed E-state index contributed by atoms with van der Waals surface area (Å²) in [6, 6.07) is 15.0. The van der Waals surface area contributed by atoms with Gasteiger partial charge in [-0.2, -0.15) is 0 Å². The second-order valence-electron chi connectivity index (χ2n) is 14.2. The normalized spacial score (nSPS) is 11.7. The topological polar surface area (TPSA) is 202 Å². The predicted octanol–water partition coefficient (Wildman–Crippen LogP) is 5.61. The number of nitrogens with zero attached hydrogens (tertiary/aromatic N) is 5. The number of hydrogen-bond donors (Lipinski definition) is 4. The molecule has 2 aromatic rings. The highest BCUT2D eigenvalue weighted by Crippen LogP contribution is 2.42. The molecule has 1 atom stereocenters. The Morgan fingerprint density at radius 2 is 1.69 bits per heavy atom. The molecule has 4 N–H and O–H groups in total. The van der Waals surface area contributed by atoms with E-state index in [1.165, 1.54) is 6.07 Å². The van der Waals surface area contributed by atoms with Crippen LogP contribution in [0.25, 0.3) is 43.9 Å². The Labute approximate surface area is 314 Å². The van der Waals surface area contributed by atoms with Crippen molar-refractivity contribution in [3.63, 3.8) is 0 Å². The van der Waals surface area contributed by atoms with E-state index in [9.17, 15) is 24.3 Å². The standard InChI is InChI=1S/C39H48N8O7/c1-39(2,3)54-38(52)42-18-9-8-11-31(36(49)41-19-10-20-43-45-40)44-35(48)24-12-15-27(30(21-24)37(50)51)34-28-16-13-25(46(4)5)22-32(28)53-33-23-26(47(6)7)14-17-29(33)34/h12-17,21-23,31H,8-11,18-20H2,1-7H3,(H3-,41,42,44,48,49,50,51,52)/p+1/t31-/m1/s1. The molecule has 0 saturated carbocycles. The summed E-state index contributed by atoms with van der Waals surface area (Å²) in [6.07, 6.45) is 1.07. The monoisotopic (exact) mass is 741 g/mol. The lowest BCUT2D eigenvalue weighted by Gasteiger charge is -2.21. The van der Waals surface area contributed by atoms with Crippen LogP contribution in [0.3, 0.4) is 0 Å². The van der Waals surface area contributed by atoms with Gasteiger partial charge in [-0.3, -0.25) is 9.59 Å². The number of carboxylic acids is 1. The van der Waals surface area contributed by atoms with Gasteiger partial charge in [-0.05, 0) is 87.9 Å². The van der Waals surface area contributed by atoms with Crippen LogP contribution in [0.1, 0.15) is 67.2 Å². The third kappa shape index (κ3) is 10.7. The average Bonchev–Trinajstić information content (AvgIpc) is 3.11. The number of anilines is 1. The van der Waals surface area contributed by atoms with Crippen LogP contribution < -0.4 is 30.8 Å². The van der Waals surface area contributed by atoms with Crippen molar-refractivity contribution in [3.8, 4) is 22.5 Å². The number of unbranched alkanes of at least 4 members (excludes halogenated alkanes) is 1. The molecule has 1 aliphatic heterocycles. The summed E-state index contributed by atoms with van der Waals surface area (Å²) in [5, 5.41) is 23.8. The van der Waals surface area contributed by atoms with Gasteiger partial charge in [0.1, 0.15) is 37.1 Å². The molecule has 0 spiro atoms. The van der Waals surface area contributed by atoms with E-state index >= 15 is 0 Å². The number of nitrogens with one attached hydrogen (secondary N) is 3. The highest BCUT2D eigenvalue weighted by atomic mass is 16.6. The quantitative estimate of drug-likeness (QED) is 0.0301. The summed E-state index contributed by atoms with van der Waals surface area (Å²) in [7, 11) is 7.68. The van der Waals surface area contributed by atoms with E-state index < -0.39 is 35.5 Å². The molecule has 0 unspecified atom stereocenters. The number of aromatic carboxylic acids is 1. The number of ether oxygens (including phenoxy) is 1. The molecule has 2 aliphatic rings. The molecule has 0 radical (unpaired) electrons.